The van der Waals surface area contributed by atoms with Crippen LogP contribution in [0.4, 0.5) is 5.82 Å². The fourth-order valence-corrected chi connectivity index (χ4v) is 1.39. The summed E-state index contributed by atoms with van der Waals surface area (Å²) in [6, 6.07) is 9.49. The van der Waals surface area contributed by atoms with Crippen LogP contribution in [0.5, 0.6) is 6.01 Å². The zero-order chi connectivity index (χ0) is 13.0. The van der Waals surface area contributed by atoms with Gasteiger partial charge in [-0.15, -0.1) is 0 Å². The molecule has 1 aromatic heterocycles. The van der Waals surface area contributed by atoms with Crippen molar-refractivity contribution in [1.82, 2.24) is 9.97 Å². The minimum atomic E-state index is 0.237. The van der Waals surface area contributed by atoms with Crippen molar-refractivity contribution >= 4 is 5.82 Å². The fourth-order valence-electron chi connectivity index (χ4n) is 1.39. The van der Waals surface area contributed by atoms with E-state index in [1.165, 1.54) is 0 Å². The minimum absolute atomic E-state index is 0.237. The van der Waals surface area contributed by atoms with Gasteiger partial charge in [0.15, 0.2) is 0 Å². The van der Waals surface area contributed by atoms with Crippen LogP contribution in [0.15, 0.2) is 30.5 Å². The molecular weight excluding hydrogens is 228 g/mol. The zero-order valence-electron chi connectivity index (χ0n) is 9.92. The van der Waals surface area contributed by atoms with Gasteiger partial charge in [-0.3, -0.25) is 0 Å². The van der Waals surface area contributed by atoms with Crippen LogP contribution >= 0.6 is 0 Å². The molecule has 2 rings (SSSR count). The van der Waals surface area contributed by atoms with Crippen molar-refractivity contribution in [3.05, 3.63) is 47.2 Å². The lowest BCUT2D eigenvalue weighted by molar-refractivity contribution is 0.281. The number of nitrogens with two attached hydrogens (primary N) is 1. The van der Waals surface area contributed by atoms with E-state index in [4.69, 9.17) is 15.7 Å². The van der Waals surface area contributed by atoms with Crippen LogP contribution in [0.3, 0.4) is 0 Å². The number of hydrogen-bond acceptors (Lipinski definition) is 5. The Morgan fingerprint density at radius 1 is 1.44 bits per heavy atom. The van der Waals surface area contributed by atoms with Gasteiger partial charge >= 0.3 is 6.01 Å². The molecule has 0 aliphatic carbocycles. The van der Waals surface area contributed by atoms with E-state index in [1.807, 2.05) is 19.1 Å². The van der Waals surface area contributed by atoms with Crippen molar-refractivity contribution < 1.29 is 4.74 Å². The lowest BCUT2D eigenvalue weighted by Gasteiger charge is -2.06. The number of nitrogens with zero attached hydrogens (tertiary/aromatic N) is 3. The first kappa shape index (κ1) is 11.9. The Morgan fingerprint density at radius 3 is 3.00 bits per heavy atom. The average molecular weight is 240 g/mol. The van der Waals surface area contributed by atoms with Crippen molar-refractivity contribution in [2.24, 2.45) is 0 Å². The highest BCUT2D eigenvalue weighted by Crippen LogP contribution is 2.12. The number of aryl methyl sites for hydroxylation is 1. The fraction of sp³-hybridized carbons (Fsp3) is 0.154. The summed E-state index contributed by atoms with van der Waals surface area (Å²) < 4.78 is 5.42. The van der Waals surface area contributed by atoms with Crippen LogP contribution in [-0.4, -0.2) is 9.97 Å². The number of nitrogen functional groups attached to an aromatic ring is 1. The molecule has 0 unspecified atom stereocenters. The first-order chi connectivity index (χ1) is 8.69. The number of rotatable bonds is 3. The van der Waals surface area contributed by atoms with E-state index in [1.54, 1.807) is 18.3 Å². The van der Waals surface area contributed by atoms with Crippen molar-refractivity contribution in [1.29, 1.82) is 5.26 Å². The number of nitriles is 1. The van der Waals surface area contributed by atoms with Crippen LogP contribution in [0.2, 0.25) is 0 Å². The van der Waals surface area contributed by atoms with Crippen LogP contribution < -0.4 is 10.5 Å². The second kappa shape index (κ2) is 5.15. The van der Waals surface area contributed by atoms with Gasteiger partial charge in [0.05, 0.1) is 11.6 Å². The molecule has 0 aliphatic rings. The number of ether oxygens (including phenoxy) is 1. The molecule has 5 heteroatoms. The molecule has 0 amide bonds. The van der Waals surface area contributed by atoms with E-state index in [-0.39, 0.29) is 6.01 Å². The number of hydrogen-bond donors (Lipinski definition) is 1. The molecule has 0 radical (unpaired) electrons. The van der Waals surface area contributed by atoms with Crippen LogP contribution in [0.1, 0.15) is 16.7 Å². The third-order valence-corrected chi connectivity index (χ3v) is 2.41. The Balaban J connectivity index is 2.07. The van der Waals surface area contributed by atoms with Gasteiger partial charge in [-0.05, 0) is 24.6 Å². The molecule has 0 bridgehead atoms. The summed E-state index contributed by atoms with van der Waals surface area (Å²) >= 11 is 0. The molecule has 0 saturated heterocycles. The maximum absolute atomic E-state index is 8.78. The standard InChI is InChI=1S/C13H12N4O/c1-9-7-16-13(17-12(9)15)18-8-11-4-2-3-10(5-11)6-14/h2-5,7H,8H2,1H3,(H2,15,16,17). The van der Waals surface area contributed by atoms with Crippen LogP contribution in [-0.2, 0) is 6.61 Å². The summed E-state index contributed by atoms with van der Waals surface area (Å²) in [5.74, 6) is 0.408. The van der Waals surface area contributed by atoms with E-state index >= 15 is 0 Å². The van der Waals surface area contributed by atoms with E-state index in [2.05, 4.69) is 16.0 Å². The van der Waals surface area contributed by atoms with Crippen LogP contribution in [0.25, 0.3) is 0 Å². The number of anilines is 1. The van der Waals surface area contributed by atoms with Gasteiger partial charge in [0.1, 0.15) is 12.4 Å². The van der Waals surface area contributed by atoms with Gasteiger partial charge in [0.25, 0.3) is 0 Å². The van der Waals surface area contributed by atoms with E-state index in [9.17, 15) is 0 Å². The summed E-state index contributed by atoms with van der Waals surface area (Å²) in [7, 11) is 0. The Kier molecular flexibility index (Phi) is 3.39. The highest BCUT2D eigenvalue weighted by atomic mass is 16.5. The molecular formula is C13H12N4O. The molecule has 0 fully saturated rings. The molecule has 0 atom stereocenters. The van der Waals surface area contributed by atoms with Crippen LogP contribution in [0, 0.1) is 18.3 Å². The maximum Gasteiger partial charge on any atom is 0.318 e. The van der Waals surface area contributed by atoms with Gasteiger partial charge in [-0.25, -0.2) is 4.98 Å². The van der Waals surface area contributed by atoms with Crippen molar-refractivity contribution in [2.45, 2.75) is 13.5 Å². The summed E-state index contributed by atoms with van der Waals surface area (Å²) in [6.45, 7) is 2.13. The second-order valence-electron chi connectivity index (χ2n) is 3.82. The molecule has 0 spiro atoms. The molecule has 18 heavy (non-hydrogen) atoms. The Hall–Kier alpha value is -2.61. The summed E-state index contributed by atoms with van der Waals surface area (Å²) in [6.07, 6.45) is 1.61. The third kappa shape index (κ3) is 2.74. The summed E-state index contributed by atoms with van der Waals surface area (Å²) in [5.41, 5.74) is 7.96. The SMILES string of the molecule is Cc1cnc(OCc2cccc(C#N)c2)nc1N. The summed E-state index contributed by atoms with van der Waals surface area (Å²) in [5, 5.41) is 8.78. The van der Waals surface area contributed by atoms with Crippen molar-refractivity contribution in [2.75, 3.05) is 5.73 Å². The normalized spacial score (nSPS) is 9.78. The largest absolute Gasteiger partial charge is 0.459 e. The first-order valence-electron chi connectivity index (χ1n) is 5.40. The summed E-state index contributed by atoms with van der Waals surface area (Å²) in [4.78, 5) is 8.03. The predicted molar refractivity (Wildman–Crippen MR) is 66.7 cm³/mol. The van der Waals surface area contributed by atoms with Gasteiger partial charge in [-0.1, -0.05) is 12.1 Å². The average Bonchev–Trinajstić information content (AvgIpc) is 2.40. The Labute approximate surface area is 105 Å². The molecule has 0 aliphatic heterocycles. The lowest BCUT2D eigenvalue weighted by Crippen LogP contribution is -2.03. The van der Waals surface area contributed by atoms with Crippen molar-refractivity contribution in [3.8, 4) is 12.1 Å². The third-order valence-electron chi connectivity index (χ3n) is 2.41. The topological polar surface area (TPSA) is 84.8 Å². The molecule has 2 aromatic rings. The minimum Gasteiger partial charge on any atom is -0.459 e. The molecule has 1 heterocycles. The van der Waals surface area contributed by atoms with E-state index in [0.29, 0.717) is 18.0 Å². The molecule has 5 nitrogen and oxygen atoms in total. The van der Waals surface area contributed by atoms with Gasteiger partial charge in [0.2, 0.25) is 0 Å². The highest BCUT2D eigenvalue weighted by molar-refractivity contribution is 5.37. The van der Waals surface area contributed by atoms with E-state index in [0.717, 1.165) is 11.1 Å². The highest BCUT2D eigenvalue weighted by Gasteiger charge is 2.02. The van der Waals surface area contributed by atoms with Gasteiger partial charge in [0, 0.05) is 11.8 Å². The van der Waals surface area contributed by atoms with Gasteiger partial charge < -0.3 is 10.5 Å². The monoisotopic (exact) mass is 240 g/mol. The van der Waals surface area contributed by atoms with Crippen molar-refractivity contribution in [3.63, 3.8) is 0 Å². The first-order valence-corrected chi connectivity index (χ1v) is 5.40. The molecule has 90 valence electrons. The number of benzene rings is 1. The number of aromatic nitrogens is 2. The smallest absolute Gasteiger partial charge is 0.318 e. The maximum atomic E-state index is 8.78. The lowest BCUT2D eigenvalue weighted by atomic mass is 10.1. The van der Waals surface area contributed by atoms with E-state index < -0.39 is 0 Å². The predicted octanol–water partition coefficient (Wildman–Crippen LogP) is 1.82. The molecule has 1 aromatic carbocycles. The second-order valence-corrected chi connectivity index (χ2v) is 3.82. The van der Waals surface area contributed by atoms with Gasteiger partial charge in [-0.2, -0.15) is 10.2 Å². The Morgan fingerprint density at radius 2 is 2.28 bits per heavy atom. The molecule has 2 N–H and O–H groups in total. The molecule has 0 saturated carbocycles. The zero-order valence-corrected chi connectivity index (χ0v) is 9.92. The quantitative estimate of drug-likeness (QED) is 0.884. The Bertz CT molecular complexity index is 604.